The van der Waals surface area contributed by atoms with E-state index in [1.165, 1.54) is 12.8 Å². The first-order valence-electron chi connectivity index (χ1n) is 7.21. The fourth-order valence-corrected chi connectivity index (χ4v) is 2.59. The molecule has 1 aliphatic carbocycles. The van der Waals surface area contributed by atoms with Crippen LogP contribution in [0, 0.1) is 23.2 Å². The predicted molar refractivity (Wildman–Crippen MR) is 76.3 cm³/mol. The van der Waals surface area contributed by atoms with Crippen molar-refractivity contribution in [2.45, 2.75) is 65.1 Å². The van der Waals surface area contributed by atoms with Gasteiger partial charge in [0.25, 0.3) is 0 Å². The van der Waals surface area contributed by atoms with Crippen LogP contribution in [0.2, 0.25) is 0 Å². The lowest BCUT2D eigenvalue weighted by Gasteiger charge is -2.37. The van der Waals surface area contributed by atoms with Gasteiger partial charge in [-0.25, -0.2) is 0 Å². The van der Waals surface area contributed by atoms with Gasteiger partial charge in [0.15, 0.2) is 0 Å². The number of hydrogen-bond donors (Lipinski definition) is 1. The fraction of sp³-hybridized carbons (Fsp3) is 0.933. The molecule has 0 radical (unpaired) electrons. The van der Waals surface area contributed by atoms with E-state index < -0.39 is 0 Å². The van der Waals surface area contributed by atoms with Gasteiger partial charge in [-0.1, -0.05) is 13.8 Å². The first-order valence-corrected chi connectivity index (χ1v) is 7.21. The summed E-state index contributed by atoms with van der Waals surface area (Å²) in [5.41, 5.74) is -0.355. The van der Waals surface area contributed by atoms with Crippen molar-refractivity contribution in [3.63, 3.8) is 0 Å². The Balaban J connectivity index is 2.75. The molecule has 0 saturated heterocycles. The van der Waals surface area contributed by atoms with Crippen molar-refractivity contribution in [3.8, 4) is 6.07 Å². The maximum atomic E-state index is 9.67. The molecule has 0 aromatic heterocycles. The third-order valence-corrected chi connectivity index (χ3v) is 4.18. The monoisotopic (exact) mass is 251 g/mol. The molecule has 1 aliphatic rings. The molecule has 3 nitrogen and oxygen atoms in total. The van der Waals surface area contributed by atoms with Crippen molar-refractivity contribution >= 4 is 0 Å². The Morgan fingerprint density at radius 2 is 1.83 bits per heavy atom. The van der Waals surface area contributed by atoms with Crippen LogP contribution in [0.25, 0.3) is 0 Å². The third-order valence-electron chi connectivity index (χ3n) is 4.18. The second-order valence-corrected chi connectivity index (χ2v) is 6.56. The third kappa shape index (κ3) is 3.70. The summed E-state index contributed by atoms with van der Waals surface area (Å²) < 4.78 is 0. The molecule has 0 bridgehead atoms. The molecule has 0 spiro atoms. The number of nitrogens with one attached hydrogen (secondary N) is 1. The topological polar surface area (TPSA) is 39.1 Å². The van der Waals surface area contributed by atoms with Gasteiger partial charge in [0, 0.05) is 18.6 Å². The molecular formula is C15H29N3. The molecule has 104 valence electrons. The van der Waals surface area contributed by atoms with E-state index in [2.05, 4.69) is 58.0 Å². The molecule has 18 heavy (non-hydrogen) atoms. The predicted octanol–water partition coefficient (Wildman–Crippen LogP) is 2.63. The van der Waals surface area contributed by atoms with Crippen molar-refractivity contribution in [1.29, 1.82) is 5.26 Å². The van der Waals surface area contributed by atoms with Crippen LogP contribution in [0.5, 0.6) is 0 Å². The van der Waals surface area contributed by atoms with Gasteiger partial charge in [0.1, 0.15) is 5.54 Å². The number of nitriles is 1. The summed E-state index contributed by atoms with van der Waals surface area (Å²) in [5.74, 6) is 1.15. The Hall–Kier alpha value is -0.590. The Kier molecular flexibility index (Phi) is 5.19. The van der Waals surface area contributed by atoms with Crippen LogP contribution in [0.3, 0.4) is 0 Å². The Labute approximate surface area is 113 Å². The van der Waals surface area contributed by atoms with Crippen LogP contribution in [-0.2, 0) is 0 Å². The minimum absolute atomic E-state index is 0.355. The minimum Gasteiger partial charge on any atom is -0.301 e. The van der Waals surface area contributed by atoms with E-state index >= 15 is 0 Å². The minimum atomic E-state index is -0.355. The van der Waals surface area contributed by atoms with E-state index in [9.17, 15) is 5.26 Å². The molecule has 1 fully saturated rings. The Morgan fingerprint density at radius 3 is 2.17 bits per heavy atom. The molecule has 0 aromatic carbocycles. The molecule has 3 heteroatoms. The van der Waals surface area contributed by atoms with Crippen LogP contribution < -0.4 is 5.32 Å². The number of hydrogen-bond acceptors (Lipinski definition) is 3. The largest absolute Gasteiger partial charge is 0.301 e. The number of nitrogens with zero attached hydrogens (tertiary/aromatic N) is 2. The van der Waals surface area contributed by atoms with Gasteiger partial charge in [-0.3, -0.25) is 5.32 Å². The summed E-state index contributed by atoms with van der Waals surface area (Å²) in [6.07, 6.45) is 2.38. The van der Waals surface area contributed by atoms with Gasteiger partial charge in [-0.15, -0.1) is 0 Å². The van der Waals surface area contributed by atoms with Crippen LogP contribution >= 0.6 is 0 Å². The molecule has 2 unspecified atom stereocenters. The summed E-state index contributed by atoms with van der Waals surface area (Å²) in [6.45, 7) is 11.8. The highest BCUT2D eigenvalue weighted by atomic mass is 15.2. The molecule has 1 saturated carbocycles. The summed E-state index contributed by atoms with van der Waals surface area (Å²) in [6, 6.07) is 3.44. The average molecular weight is 251 g/mol. The van der Waals surface area contributed by atoms with Crippen molar-refractivity contribution < 1.29 is 0 Å². The standard InChI is InChI=1S/C15H29N3/c1-11(2)13(5)18(6)10-15(9-16,14-7-8-14)17-12(3)4/h11-14,17H,7-8,10H2,1-6H3. The van der Waals surface area contributed by atoms with Crippen molar-refractivity contribution in [2.75, 3.05) is 13.6 Å². The number of likely N-dealkylation sites (N-methyl/N-ethyl adjacent to an activating group) is 1. The van der Waals surface area contributed by atoms with Gasteiger partial charge < -0.3 is 4.90 Å². The molecule has 0 heterocycles. The first-order chi connectivity index (χ1) is 8.32. The molecular weight excluding hydrogens is 222 g/mol. The average Bonchev–Trinajstić information content (AvgIpc) is 3.09. The van der Waals surface area contributed by atoms with Gasteiger partial charge in [-0.2, -0.15) is 5.26 Å². The van der Waals surface area contributed by atoms with E-state index in [1.807, 2.05) is 0 Å². The second-order valence-electron chi connectivity index (χ2n) is 6.56. The fourth-order valence-electron chi connectivity index (χ4n) is 2.59. The van der Waals surface area contributed by atoms with E-state index in [-0.39, 0.29) is 5.54 Å². The van der Waals surface area contributed by atoms with E-state index in [0.29, 0.717) is 23.9 Å². The Morgan fingerprint density at radius 1 is 1.28 bits per heavy atom. The highest BCUT2D eigenvalue weighted by Crippen LogP contribution is 2.40. The van der Waals surface area contributed by atoms with Crippen LogP contribution in [-0.4, -0.2) is 36.1 Å². The lowest BCUT2D eigenvalue weighted by atomic mass is 9.91. The molecule has 2 atom stereocenters. The SMILES string of the molecule is CC(C)NC(C#N)(CN(C)C(C)C(C)C)C1CC1. The van der Waals surface area contributed by atoms with Crippen molar-refractivity contribution in [1.82, 2.24) is 10.2 Å². The zero-order valence-electron chi connectivity index (χ0n) is 12.8. The quantitative estimate of drug-likeness (QED) is 0.756. The lowest BCUT2D eigenvalue weighted by molar-refractivity contribution is 0.151. The van der Waals surface area contributed by atoms with Gasteiger partial charge in [-0.05, 0) is 52.5 Å². The van der Waals surface area contributed by atoms with Crippen LogP contribution in [0.15, 0.2) is 0 Å². The lowest BCUT2D eigenvalue weighted by Crippen LogP contribution is -2.57. The van der Waals surface area contributed by atoms with Gasteiger partial charge in [0.2, 0.25) is 0 Å². The molecule has 0 amide bonds. The molecule has 0 aliphatic heterocycles. The highest BCUT2D eigenvalue weighted by molar-refractivity contribution is 5.17. The summed E-state index contributed by atoms with van der Waals surface area (Å²) in [7, 11) is 2.14. The maximum Gasteiger partial charge on any atom is 0.122 e. The zero-order valence-corrected chi connectivity index (χ0v) is 12.8. The summed E-state index contributed by atoms with van der Waals surface area (Å²) in [5, 5.41) is 13.2. The van der Waals surface area contributed by atoms with Crippen LogP contribution in [0.1, 0.15) is 47.5 Å². The number of rotatable bonds is 7. The second kappa shape index (κ2) is 6.04. The smallest absolute Gasteiger partial charge is 0.122 e. The maximum absolute atomic E-state index is 9.67. The highest BCUT2D eigenvalue weighted by Gasteiger charge is 2.47. The molecule has 0 aromatic rings. The van der Waals surface area contributed by atoms with Gasteiger partial charge >= 0.3 is 0 Å². The van der Waals surface area contributed by atoms with Gasteiger partial charge in [0.05, 0.1) is 6.07 Å². The summed E-state index contributed by atoms with van der Waals surface area (Å²) in [4.78, 5) is 2.33. The van der Waals surface area contributed by atoms with Crippen molar-refractivity contribution in [2.24, 2.45) is 11.8 Å². The van der Waals surface area contributed by atoms with E-state index in [4.69, 9.17) is 0 Å². The van der Waals surface area contributed by atoms with E-state index in [1.54, 1.807) is 0 Å². The summed E-state index contributed by atoms with van der Waals surface area (Å²) >= 11 is 0. The van der Waals surface area contributed by atoms with E-state index in [0.717, 1.165) is 6.54 Å². The van der Waals surface area contributed by atoms with Crippen LogP contribution in [0.4, 0.5) is 0 Å². The zero-order chi connectivity index (χ0) is 13.9. The molecule has 1 rings (SSSR count). The van der Waals surface area contributed by atoms with Crippen molar-refractivity contribution in [3.05, 3.63) is 0 Å². The Bertz CT molecular complexity index is 301. The first kappa shape index (κ1) is 15.5. The normalized spacial score (nSPS) is 21.1. The molecule has 1 N–H and O–H groups in total.